The molecule has 72 valence electrons. The van der Waals surface area contributed by atoms with E-state index in [0.717, 1.165) is 16.7 Å². The van der Waals surface area contributed by atoms with Crippen molar-refractivity contribution < 1.29 is 0 Å². The van der Waals surface area contributed by atoms with Gasteiger partial charge in [0.15, 0.2) is 0 Å². The lowest BCUT2D eigenvalue weighted by molar-refractivity contribution is 1.20. The Hall–Kier alpha value is -1.29. The van der Waals surface area contributed by atoms with Gasteiger partial charge in [0, 0.05) is 17.3 Å². The minimum absolute atomic E-state index is 0.877. The van der Waals surface area contributed by atoms with E-state index in [2.05, 4.69) is 33.7 Å². The summed E-state index contributed by atoms with van der Waals surface area (Å²) in [5.74, 6) is 0.877. The molecule has 0 amide bonds. The van der Waals surface area contributed by atoms with Gasteiger partial charge in [0.1, 0.15) is 12.1 Å². The highest BCUT2D eigenvalue weighted by Gasteiger charge is 2.01. The third-order valence-corrected chi connectivity index (χ3v) is 2.81. The van der Waals surface area contributed by atoms with Gasteiger partial charge in [0.2, 0.25) is 0 Å². The molecule has 1 aromatic heterocycles. The van der Waals surface area contributed by atoms with E-state index in [9.17, 15) is 0 Å². The first-order valence-corrected chi connectivity index (χ1v) is 5.54. The Bertz CT molecular complexity index is 456. The predicted molar refractivity (Wildman–Crippen MR) is 60.9 cm³/mol. The second-order valence-electron chi connectivity index (χ2n) is 2.86. The Morgan fingerprint density at radius 1 is 1.29 bits per heavy atom. The van der Waals surface area contributed by atoms with E-state index in [1.165, 1.54) is 4.90 Å². The summed E-state index contributed by atoms with van der Waals surface area (Å²) in [6.07, 6.45) is 3.64. The third-order valence-electron chi connectivity index (χ3n) is 2.08. The lowest BCUT2D eigenvalue weighted by Crippen LogP contribution is -1.94. The van der Waals surface area contributed by atoms with Crippen molar-refractivity contribution >= 4 is 28.5 Å². The molecule has 0 fully saturated rings. The van der Waals surface area contributed by atoms with Gasteiger partial charge in [-0.15, -0.1) is 11.8 Å². The SMILES string of the molecule is CNc1ncnc2cc(SC)ccc12. The fraction of sp³-hybridized carbons (Fsp3) is 0.200. The van der Waals surface area contributed by atoms with Crippen LogP contribution in [0.1, 0.15) is 0 Å². The van der Waals surface area contributed by atoms with Gasteiger partial charge in [0.05, 0.1) is 5.52 Å². The number of anilines is 1. The molecule has 0 radical (unpaired) electrons. The van der Waals surface area contributed by atoms with Crippen LogP contribution in [-0.4, -0.2) is 23.3 Å². The van der Waals surface area contributed by atoms with Crippen LogP contribution >= 0.6 is 11.8 Å². The van der Waals surface area contributed by atoms with E-state index >= 15 is 0 Å². The predicted octanol–water partition coefficient (Wildman–Crippen LogP) is 2.39. The molecule has 4 heteroatoms. The van der Waals surface area contributed by atoms with Crippen LogP contribution in [0.4, 0.5) is 5.82 Å². The van der Waals surface area contributed by atoms with Gasteiger partial charge in [0.25, 0.3) is 0 Å². The average Bonchev–Trinajstić information content (AvgIpc) is 2.27. The molecule has 0 atom stereocenters. The maximum atomic E-state index is 4.23. The number of rotatable bonds is 2. The zero-order chi connectivity index (χ0) is 9.97. The van der Waals surface area contributed by atoms with Crippen molar-refractivity contribution in [1.29, 1.82) is 0 Å². The largest absolute Gasteiger partial charge is 0.373 e. The molecule has 14 heavy (non-hydrogen) atoms. The smallest absolute Gasteiger partial charge is 0.137 e. The van der Waals surface area contributed by atoms with Crippen LogP contribution < -0.4 is 5.32 Å². The van der Waals surface area contributed by atoms with Crippen LogP contribution in [0.15, 0.2) is 29.4 Å². The van der Waals surface area contributed by atoms with E-state index in [0.29, 0.717) is 0 Å². The van der Waals surface area contributed by atoms with Gasteiger partial charge < -0.3 is 5.32 Å². The van der Waals surface area contributed by atoms with Crippen molar-refractivity contribution in [2.45, 2.75) is 4.90 Å². The molecule has 2 rings (SSSR count). The number of benzene rings is 1. The average molecular weight is 205 g/mol. The van der Waals surface area contributed by atoms with Crippen LogP contribution in [0.3, 0.4) is 0 Å². The van der Waals surface area contributed by atoms with E-state index in [4.69, 9.17) is 0 Å². The molecule has 0 aliphatic carbocycles. The summed E-state index contributed by atoms with van der Waals surface area (Å²) >= 11 is 1.72. The van der Waals surface area contributed by atoms with Crippen molar-refractivity contribution in [2.24, 2.45) is 0 Å². The zero-order valence-electron chi connectivity index (χ0n) is 8.11. The molecule has 0 unspecified atom stereocenters. The van der Waals surface area contributed by atoms with Gasteiger partial charge in [-0.1, -0.05) is 0 Å². The maximum absolute atomic E-state index is 4.23. The Morgan fingerprint density at radius 3 is 2.86 bits per heavy atom. The van der Waals surface area contributed by atoms with E-state index in [1.807, 2.05) is 13.1 Å². The van der Waals surface area contributed by atoms with Gasteiger partial charge in [-0.05, 0) is 24.5 Å². The first kappa shape index (κ1) is 9.27. The summed E-state index contributed by atoms with van der Waals surface area (Å²) < 4.78 is 0. The summed E-state index contributed by atoms with van der Waals surface area (Å²) in [4.78, 5) is 9.61. The molecular formula is C10H11N3S. The minimum Gasteiger partial charge on any atom is -0.373 e. The van der Waals surface area contributed by atoms with Gasteiger partial charge >= 0.3 is 0 Å². The molecule has 3 nitrogen and oxygen atoms in total. The molecule has 0 bridgehead atoms. The molecule has 1 N–H and O–H groups in total. The molecule has 1 aromatic carbocycles. The number of nitrogens with one attached hydrogen (secondary N) is 1. The molecule has 0 saturated heterocycles. The minimum atomic E-state index is 0.877. The second-order valence-corrected chi connectivity index (χ2v) is 3.74. The number of nitrogens with zero attached hydrogens (tertiary/aromatic N) is 2. The fourth-order valence-corrected chi connectivity index (χ4v) is 1.80. The molecule has 0 spiro atoms. The Balaban J connectivity index is 2.67. The fourth-order valence-electron chi connectivity index (χ4n) is 1.36. The monoisotopic (exact) mass is 205 g/mol. The van der Waals surface area contributed by atoms with E-state index in [-0.39, 0.29) is 0 Å². The van der Waals surface area contributed by atoms with Crippen LogP contribution in [-0.2, 0) is 0 Å². The molecule has 2 aromatic rings. The normalized spacial score (nSPS) is 10.4. The summed E-state index contributed by atoms with van der Waals surface area (Å²) in [5.41, 5.74) is 0.983. The second kappa shape index (κ2) is 3.84. The number of hydrogen-bond donors (Lipinski definition) is 1. The van der Waals surface area contributed by atoms with Crippen LogP contribution in [0.5, 0.6) is 0 Å². The third kappa shape index (κ3) is 1.53. The van der Waals surface area contributed by atoms with Gasteiger partial charge in [-0.2, -0.15) is 0 Å². The zero-order valence-corrected chi connectivity index (χ0v) is 8.93. The maximum Gasteiger partial charge on any atom is 0.137 e. The van der Waals surface area contributed by atoms with Crippen molar-refractivity contribution in [3.63, 3.8) is 0 Å². The number of thioether (sulfide) groups is 1. The van der Waals surface area contributed by atoms with Crippen molar-refractivity contribution in [3.8, 4) is 0 Å². The highest BCUT2D eigenvalue weighted by Crippen LogP contribution is 2.23. The topological polar surface area (TPSA) is 37.8 Å². The number of aromatic nitrogens is 2. The Morgan fingerprint density at radius 2 is 2.14 bits per heavy atom. The van der Waals surface area contributed by atoms with Crippen LogP contribution in [0.25, 0.3) is 10.9 Å². The van der Waals surface area contributed by atoms with Crippen LogP contribution in [0.2, 0.25) is 0 Å². The molecule has 0 saturated carbocycles. The Labute approximate surface area is 87.0 Å². The van der Waals surface area contributed by atoms with E-state index < -0.39 is 0 Å². The van der Waals surface area contributed by atoms with Gasteiger partial charge in [-0.3, -0.25) is 0 Å². The summed E-state index contributed by atoms with van der Waals surface area (Å²) in [6, 6.07) is 6.20. The van der Waals surface area contributed by atoms with Crippen molar-refractivity contribution in [1.82, 2.24) is 9.97 Å². The molecule has 1 heterocycles. The van der Waals surface area contributed by atoms with Crippen molar-refractivity contribution in [3.05, 3.63) is 24.5 Å². The van der Waals surface area contributed by atoms with Crippen LogP contribution in [0, 0.1) is 0 Å². The summed E-state index contributed by atoms with van der Waals surface area (Å²) in [6.45, 7) is 0. The first-order valence-electron chi connectivity index (χ1n) is 4.31. The van der Waals surface area contributed by atoms with Gasteiger partial charge in [-0.25, -0.2) is 9.97 Å². The molecule has 0 aliphatic rings. The lowest BCUT2D eigenvalue weighted by atomic mass is 10.2. The summed E-state index contributed by atoms with van der Waals surface area (Å²) in [5, 5.41) is 4.11. The number of fused-ring (bicyclic) bond motifs is 1. The highest BCUT2D eigenvalue weighted by atomic mass is 32.2. The lowest BCUT2D eigenvalue weighted by Gasteiger charge is -2.04. The highest BCUT2D eigenvalue weighted by molar-refractivity contribution is 7.98. The Kier molecular flexibility index (Phi) is 2.54. The summed E-state index contributed by atoms with van der Waals surface area (Å²) in [7, 11) is 1.87. The quantitative estimate of drug-likeness (QED) is 0.764. The number of hydrogen-bond acceptors (Lipinski definition) is 4. The van der Waals surface area contributed by atoms with E-state index in [1.54, 1.807) is 18.1 Å². The standard InChI is InChI=1S/C10H11N3S/c1-11-10-8-4-3-7(14-2)5-9(8)12-6-13-10/h3-6H,1-2H3,(H,11,12,13). The first-order chi connectivity index (χ1) is 6.85. The molecule has 0 aliphatic heterocycles. The van der Waals surface area contributed by atoms with Crippen molar-refractivity contribution in [2.75, 3.05) is 18.6 Å². The molecular weight excluding hydrogens is 194 g/mol.